The van der Waals surface area contributed by atoms with E-state index in [9.17, 15) is 4.39 Å². The molecule has 2 aromatic rings. The maximum atomic E-state index is 13.5. The summed E-state index contributed by atoms with van der Waals surface area (Å²) in [5.74, 6) is -0.216. The maximum absolute atomic E-state index is 13.5. The molecule has 2 aromatic carbocycles. The number of benzene rings is 2. The van der Waals surface area contributed by atoms with Crippen LogP contribution in [0.1, 0.15) is 24.1 Å². The van der Waals surface area contributed by atoms with Crippen molar-refractivity contribution in [3.05, 3.63) is 63.4 Å². The summed E-state index contributed by atoms with van der Waals surface area (Å²) >= 11 is 11.9. The third-order valence-electron chi connectivity index (χ3n) is 3.00. The van der Waals surface area contributed by atoms with Crippen LogP contribution in [-0.2, 0) is 0 Å². The van der Waals surface area contributed by atoms with Crippen molar-refractivity contribution in [1.82, 2.24) is 0 Å². The molecule has 1 nitrogen and oxygen atoms in total. The molecule has 0 spiro atoms. The number of anilines is 1. The van der Waals surface area contributed by atoms with Gasteiger partial charge in [0, 0.05) is 11.7 Å². The predicted octanol–water partition coefficient (Wildman–Crippen LogP) is 5.61. The SMILES string of the molecule is Cc1ccc(NC(C)c2ccc(Cl)c(Cl)c2)cc1F. The topological polar surface area (TPSA) is 12.0 Å². The highest BCUT2D eigenvalue weighted by molar-refractivity contribution is 6.42. The molecule has 0 saturated heterocycles. The zero-order valence-electron chi connectivity index (χ0n) is 10.7. The first-order chi connectivity index (χ1) is 8.97. The zero-order valence-corrected chi connectivity index (χ0v) is 12.2. The molecule has 1 N–H and O–H groups in total. The van der Waals surface area contributed by atoms with Crippen LogP contribution < -0.4 is 5.32 Å². The number of halogens is 3. The molecular formula is C15H14Cl2FN. The first-order valence-electron chi connectivity index (χ1n) is 5.95. The fraction of sp³-hybridized carbons (Fsp3) is 0.200. The lowest BCUT2D eigenvalue weighted by Gasteiger charge is -2.16. The lowest BCUT2D eigenvalue weighted by Crippen LogP contribution is -2.07. The van der Waals surface area contributed by atoms with Crippen molar-refractivity contribution in [1.29, 1.82) is 0 Å². The quantitative estimate of drug-likeness (QED) is 0.776. The van der Waals surface area contributed by atoms with E-state index in [0.717, 1.165) is 11.3 Å². The highest BCUT2D eigenvalue weighted by Crippen LogP contribution is 2.27. The van der Waals surface area contributed by atoms with Gasteiger partial charge in [0.15, 0.2) is 0 Å². The molecule has 0 saturated carbocycles. The Labute approximate surface area is 122 Å². The van der Waals surface area contributed by atoms with Crippen LogP contribution in [0, 0.1) is 12.7 Å². The summed E-state index contributed by atoms with van der Waals surface area (Å²) in [6, 6.07) is 10.6. The fourth-order valence-corrected chi connectivity index (χ4v) is 2.10. The Balaban J connectivity index is 2.17. The van der Waals surface area contributed by atoms with Crippen molar-refractivity contribution >= 4 is 28.9 Å². The number of rotatable bonds is 3. The van der Waals surface area contributed by atoms with Crippen LogP contribution in [0.15, 0.2) is 36.4 Å². The molecule has 0 amide bonds. The smallest absolute Gasteiger partial charge is 0.128 e. The van der Waals surface area contributed by atoms with Gasteiger partial charge >= 0.3 is 0 Å². The van der Waals surface area contributed by atoms with Crippen molar-refractivity contribution < 1.29 is 4.39 Å². The normalized spacial score (nSPS) is 12.3. The molecule has 0 aliphatic carbocycles. The molecule has 0 radical (unpaired) electrons. The average molecular weight is 298 g/mol. The third kappa shape index (κ3) is 3.40. The van der Waals surface area contributed by atoms with Crippen LogP contribution in [0.2, 0.25) is 10.0 Å². The van der Waals surface area contributed by atoms with Gasteiger partial charge in [-0.15, -0.1) is 0 Å². The van der Waals surface area contributed by atoms with Gasteiger partial charge in [0.05, 0.1) is 10.0 Å². The van der Waals surface area contributed by atoms with E-state index in [4.69, 9.17) is 23.2 Å². The Kier molecular flexibility index (Phi) is 4.33. The molecule has 2 rings (SSSR count). The van der Waals surface area contributed by atoms with Gasteiger partial charge in [0.25, 0.3) is 0 Å². The summed E-state index contributed by atoms with van der Waals surface area (Å²) < 4.78 is 13.5. The summed E-state index contributed by atoms with van der Waals surface area (Å²) in [6.45, 7) is 3.72. The zero-order chi connectivity index (χ0) is 14.0. The Morgan fingerprint density at radius 2 is 1.79 bits per heavy atom. The highest BCUT2D eigenvalue weighted by atomic mass is 35.5. The van der Waals surface area contributed by atoms with Gasteiger partial charge in [0.1, 0.15) is 5.82 Å². The van der Waals surface area contributed by atoms with Crippen molar-refractivity contribution in [2.24, 2.45) is 0 Å². The number of aryl methyl sites for hydroxylation is 1. The van der Waals surface area contributed by atoms with E-state index in [-0.39, 0.29) is 11.9 Å². The molecule has 0 bridgehead atoms. The first kappa shape index (κ1) is 14.2. The van der Waals surface area contributed by atoms with E-state index in [2.05, 4.69) is 5.32 Å². The monoisotopic (exact) mass is 297 g/mol. The predicted molar refractivity (Wildman–Crippen MR) is 79.6 cm³/mol. The Hall–Kier alpha value is -1.25. The largest absolute Gasteiger partial charge is 0.378 e. The van der Waals surface area contributed by atoms with Gasteiger partial charge in [0.2, 0.25) is 0 Å². The van der Waals surface area contributed by atoms with E-state index in [0.29, 0.717) is 15.6 Å². The van der Waals surface area contributed by atoms with E-state index < -0.39 is 0 Å². The minimum atomic E-state index is -0.216. The van der Waals surface area contributed by atoms with Crippen molar-refractivity contribution in [3.8, 4) is 0 Å². The molecule has 0 heterocycles. The van der Waals surface area contributed by atoms with Gasteiger partial charge in [-0.1, -0.05) is 35.3 Å². The van der Waals surface area contributed by atoms with E-state index in [1.165, 1.54) is 6.07 Å². The van der Waals surface area contributed by atoms with Crippen LogP contribution in [-0.4, -0.2) is 0 Å². The van der Waals surface area contributed by atoms with Gasteiger partial charge in [-0.3, -0.25) is 0 Å². The van der Waals surface area contributed by atoms with Crippen LogP contribution in [0.5, 0.6) is 0 Å². The van der Waals surface area contributed by atoms with Crippen LogP contribution in [0.25, 0.3) is 0 Å². The van der Waals surface area contributed by atoms with Crippen molar-refractivity contribution in [2.45, 2.75) is 19.9 Å². The summed E-state index contributed by atoms with van der Waals surface area (Å²) in [7, 11) is 0. The minimum absolute atomic E-state index is 0.0110. The Bertz CT molecular complexity index is 599. The van der Waals surface area contributed by atoms with E-state index >= 15 is 0 Å². The lowest BCUT2D eigenvalue weighted by molar-refractivity contribution is 0.618. The average Bonchev–Trinajstić information content (AvgIpc) is 2.37. The molecule has 19 heavy (non-hydrogen) atoms. The highest BCUT2D eigenvalue weighted by Gasteiger charge is 2.08. The van der Waals surface area contributed by atoms with Gasteiger partial charge in [-0.05, 0) is 49.2 Å². The number of hydrogen-bond donors (Lipinski definition) is 1. The molecule has 0 fully saturated rings. The second-order valence-corrected chi connectivity index (χ2v) is 5.32. The molecule has 1 unspecified atom stereocenters. The number of nitrogens with one attached hydrogen (secondary N) is 1. The molecule has 0 aromatic heterocycles. The standard InChI is InChI=1S/C15H14Cl2FN/c1-9-3-5-12(8-15(9)18)19-10(2)11-4-6-13(16)14(17)7-11/h3-8,10,19H,1-2H3. The fourth-order valence-electron chi connectivity index (χ4n) is 1.80. The molecule has 0 aliphatic heterocycles. The van der Waals surface area contributed by atoms with E-state index in [1.54, 1.807) is 19.1 Å². The summed E-state index contributed by atoms with van der Waals surface area (Å²) in [6.07, 6.45) is 0. The molecule has 1 atom stereocenters. The summed E-state index contributed by atoms with van der Waals surface area (Å²) in [5, 5.41) is 4.27. The van der Waals surface area contributed by atoms with Crippen LogP contribution in [0.3, 0.4) is 0 Å². The molecule has 0 aliphatic rings. The van der Waals surface area contributed by atoms with Crippen LogP contribution >= 0.6 is 23.2 Å². The van der Waals surface area contributed by atoms with Gasteiger partial charge in [-0.2, -0.15) is 0 Å². The second-order valence-electron chi connectivity index (χ2n) is 4.50. The van der Waals surface area contributed by atoms with Gasteiger partial charge in [-0.25, -0.2) is 4.39 Å². The molecular weight excluding hydrogens is 284 g/mol. The molecule has 100 valence electrons. The lowest BCUT2D eigenvalue weighted by atomic mass is 10.1. The third-order valence-corrected chi connectivity index (χ3v) is 3.74. The summed E-state index contributed by atoms with van der Waals surface area (Å²) in [4.78, 5) is 0. The molecule has 4 heteroatoms. The van der Waals surface area contributed by atoms with E-state index in [1.807, 2.05) is 25.1 Å². The second kappa shape index (κ2) is 5.81. The van der Waals surface area contributed by atoms with Crippen LogP contribution in [0.4, 0.5) is 10.1 Å². The Morgan fingerprint density at radius 1 is 1.05 bits per heavy atom. The minimum Gasteiger partial charge on any atom is -0.378 e. The maximum Gasteiger partial charge on any atom is 0.128 e. The number of hydrogen-bond acceptors (Lipinski definition) is 1. The van der Waals surface area contributed by atoms with Gasteiger partial charge < -0.3 is 5.32 Å². The first-order valence-corrected chi connectivity index (χ1v) is 6.70. The Morgan fingerprint density at radius 3 is 2.42 bits per heavy atom. The van der Waals surface area contributed by atoms with Crippen molar-refractivity contribution in [2.75, 3.05) is 5.32 Å². The summed E-state index contributed by atoms with van der Waals surface area (Å²) in [5.41, 5.74) is 2.37. The van der Waals surface area contributed by atoms with Crippen molar-refractivity contribution in [3.63, 3.8) is 0 Å².